The fourth-order valence-corrected chi connectivity index (χ4v) is 5.75. The molecule has 2 aromatic carbocycles. The van der Waals surface area contributed by atoms with Crippen molar-refractivity contribution in [2.45, 2.75) is 58.3 Å². The van der Waals surface area contributed by atoms with E-state index in [2.05, 4.69) is 63.9 Å². The SMILES string of the molecule is Cc1c(-c2ccn(C)n2)cccc1[C@H](Nc1cc(C#N)cc2c(NCC(C)(C)C)c(C#N)cnc12)c1cn(C2(C(F)(F)F)CC2)nn1. The van der Waals surface area contributed by atoms with Crippen molar-refractivity contribution in [3.05, 3.63) is 82.9 Å². The van der Waals surface area contributed by atoms with Crippen molar-refractivity contribution in [1.29, 1.82) is 10.5 Å². The highest BCUT2D eigenvalue weighted by Crippen LogP contribution is 2.55. The Bertz CT molecular complexity index is 2070. The molecule has 1 aliphatic rings. The number of pyridine rings is 1. The van der Waals surface area contributed by atoms with E-state index in [0.29, 0.717) is 39.9 Å². The van der Waals surface area contributed by atoms with Gasteiger partial charge in [-0.2, -0.15) is 28.8 Å². The van der Waals surface area contributed by atoms with Gasteiger partial charge in [-0.25, -0.2) is 4.68 Å². The van der Waals surface area contributed by atoms with Crippen molar-refractivity contribution in [2.75, 3.05) is 17.2 Å². The van der Waals surface area contributed by atoms with Crippen molar-refractivity contribution in [2.24, 2.45) is 12.5 Å². The fourth-order valence-electron chi connectivity index (χ4n) is 5.75. The molecule has 1 fully saturated rings. The van der Waals surface area contributed by atoms with Gasteiger partial charge in [-0.3, -0.25) is 9.67 Å². The normalized spacial score (nSPS) is 14.8. The van der Waals surface area contributed by atoms with Gasteiger partial charge in [0, 0.05) is 36.9 Å². The lowest BCUT2D eigenvalue weighted by Crippen LogP contribution is -2.35. The summed E-state index contributed by atoms with van der Waals surface area (Å²) in [5, 5.41) is 40.1. The van der Waals surface area contributed by atoms with E-state index in [-0.39, 0.29) is 24.0 Å². The number of nitriles is 2. The summed E-state index contributed by atoms with van der Waals surface area (Å²) in [5.74, 6) is 0. The molecule has 47 heavy (non-hydrogen) atoms. The molecule has 0 amide bonds. The van der Waals surface area contributed by atoms with Gasteiger partial charge in [0.15, 0.2) is 5.54 Å². The molecular formula is C34H33F3N10. The van der Waals surface area contributed by atoms with Crippen LogP contribution in [-0.4, -0.2) is 42.5 Å². The number of alkyl halides is 3. The second-order valence-electron chi connectivity index (χ2n) is 13.2. The van der Waals surface area contributed by atoms with Crippen LogP contribution in [0, 0.1) is 35.0 Å². The van der Waals surface area contributed by atoms with Crippen molar-refractivity contribution >= 4 is 22.3 Å². The molecule has 0 bridgehead atoms. The molecule has 10 nitrogen and oxygen atoms in total. The lowest BCUT2D eigenvalue weighted by Gasteiger charge is -2.24. The van der Waals surface area contributed by atoms with Gasteiger partial charge in [0.1, 0.15) is 11.8 Å². The molecule has 6 rings (SSSR count). The summed E-state index contributed by atoms with van der Waals surface area (Å²) >= 11 is 0. The number of rotatable bonds is 8. The number of aromatic nitrogens is 6. The van der Waals surface area contributed by atoms with Crippen LogP contribution < -0.4 is 10.6 Å². The number of nitrogens with one attached hydrogen (secondary N) is 2. The predicted molar refractivity (Wildman–Crippen MR) is 171 cm³/mol. The molecule has 0 unspecified atom stereocenters. The molecule has 1 atom stereocenters. The summed E-state index contributed by atoms with van der Waals surface area (Å²) in [6.07, 6.45) is 0.0283. The van der Waals surface area contributed by atoms with E-state index in [4.69, 9.17) is 0 Å². The Morgan fingerprint density at radius 3 is 2.47 bits per heavy atom. The maximum Gasteiger partial charge on any atom is 0.413 e. The van der Waals surface area contributed by atoms with E-state index < -0.39 is 17.8 Å². The first-order chi connectivity index (χ1) is 22.2. The van der Waals surface area contributed by atoms with Crippen molar-refractivity contribution in [3.8, 4) is 23.4 Å². The van der Waals surface area contributed by atoms with Gasteiger partial charge in [-0.15, -0.1) is 5.10 Å². The van der Waals surface area contributed by atoms with Crippen molar-refractivity contribution in [3.63, 3.8) is 0 Å². The molecule has 1 saturated carbocycles. The largest absolute Gasteiger partial charge is 0.413 e. The quantitative estimate of drug-likeness (QED) is 0.186. The number of hydrogen-bond donors (Lipinski definition) is 2. The van der Waals surface area contributed by atoms with Gasteiger partial charge in [0.25, 0.3) is 0 Å². The summed E-state index contributed by atoms with van der Waals surface area (Å²) in [5.41, 5.74) is 3.32. The summed E-state index contributed by atoms with van der Waals surface area (Å²) in [4.78, 5) is 4.61. The number of nitrogens with zero attached hydrogens (tertiary/aromatic N) is 8. The Morgan fingerprint density at radius 1 is 1.09 bits per heavy atom. The highest BCUT2D eigenvalue weighted by atomic mass is 19.4. The van der Waals surface area contributed by atoms with Gasteiger partial charge >= 0.3 is 6.18 Å². The van der Waals surface area contributed by atoms with E-state index in [1.807, 2.05) is 44.4 Å². The lowest BCUT2D eigenvalue weighted by molar-refractivity contribution is -0.182. The molecule has 0 saturated heterocycles. The van der Waals surface area contributed by atoms with E-state index >= 15 is 0 Å². The number of aryl methyl sites for hydroxylation is 1. The Kier molecular flexibility index (Phi) is 7.67. The summed E-state index contributed by atoms with van der Waals surface area (Å²) in [7, 11) is 1.82. The molecule has 3 aromatic heterocycles. The number of hydrogen-bond acceptors (Lipinski definition) is 8. The van der Waals surface area contributed by atoms with Crippen LogP contribution >= 0.6 is 0 Å². The Labute approximate surface area is 269 Å². The number of benzene rings is 2. The summed E-state index contributed by atoms with van der Waals surface area (Å²) in [6.45, 7) is 8.66. The number of halogens is 3. The van der Waals surface area contributed by atoms with Crippen molar-refractivity contribution in [1.82, 2.24) is 29.8 Å². The minimum Gasteiger partial charge on any atom is -0.383 e. The third-order valence-electron chi connectivity index (χ3n) is 8.49. The van der Waals surface area contributed by atoms with Crippen LogP contribution in [0.3, 0.4) is 0 Å². The summed E-state index contributed by atoms with van der Waals surface area (Å²) < 4.78 is 44.9. The first-order valence-corrected chi connectivity index (χ1v) is 15.1. The molecule has 240 valence electrons. The van der Waals surface area contributed by atoms with Crippen LogP contribution in [0.15, 0.2) is 55.0 Å². The third-order valence-corrected chi connectivity index (χ3v) is 8.49. The minimum absolute atomic E-state index is 0.0735. The van der Waals surface area contributed by atoms with Gasteiger partial charge in [-0.1, -0.05) is 44.2 Å². The van der Waals surface area contributed by atoms with Gasteiger partial charge in [0.05, 0.1) is 52.0 Å². The zero-order chi connectivity index (χ0) is 33.7. The standard InChI is InChI=1S/C34H33F3N10/c1-20-23(26-9-12-46(5)44-26)7-6-8-24(20)31(28-18-47(45-43-28)33(10-11-33)34(35,36)37)42-27-14-21(15-38)13-25-29(41-19-32(2,3)4)22(16-39)17-40-30(25)27/h6-9,12-14,17-18,31,42H,10-11,19H2,1-5H3,(H,40,41)/t31-/m0/s1. The molecular weight excluding hydrogens is 605 g/mol. The van der Waals surface area contributed by atoms with Crippen LogP contribution in [0.25, 0.3) is 22.2 Å². The molecule has 0 radical (unpaired) electrons. The smallest absolute Gasteiger partial charge is 0.383 e. The Hall–Kier alpha value is -5.43. The van der Waals surface area contributed by atoms with Crippen LogP contribution in [0.2, 0.25) is 0 Å². The summed E-state index contributed by atoms with van der Waals surface area (Å²) in [6, 6.07) is 14.5. The van der Waals surface area contributed by atoms with Crippen molar-refractivity contribution < 1.29 is 13.2 Å². The van der Waals surface area contributed by atoms with Gasteiger partial charge in [0.2, 0.25) is 0 Å². The zero-order valence-corrected chi connectivity index (χ0v) is 26.6. The highest BCUT2D eigenvalue weighted by molar-refractivity contribution is 6.01. The second-order valence-corrected chi connectivity index (χ2v) is 13.2. The minimum atomic E-state index is -4.48. The van der Waals surface area contributed by atoms with Crippen LogP contribution in [-0.2, 0) is 12.6 Å². The molecule has 5 aromatic rings. The van der Waals surface area contributed by atoms with Gasteiger partial charge in [-0.05, 0) is 54.5 Å². The monoisotopic (exact) mass is 638 g/mol. The fraction of sp³-hybridized carbons (Fsp3) is 0.353. The average Bonchev–Trinajstić information content (AvgIpc) is 3.52. The second kappa shape index (κ2) is 11.4. The maximum atomic E-state index is 14.1. The van der Waals surface area contributed by atoms with Crippen LogP contribution in [0.4, 0.5) is 24.5 Å². The number of fused-ring (bicyclic) bond motifs is 1. The third kappa shape index (κ3) is 5.85. The topological polar surface area (TPSA) is 133 Å². The van der Waals surface area contributed by atoms with E-state index in [1.54, 1.807) is 16.8 Å². The molecule has 2 N–H and O–H groups in total. The predicted octanol–water partition coefficient (Wildman–Crippen LogP) is 6.99. The van der Waals surface area contributed by atoms with Crippen LogP contribution in [0.1, 0.15) is 67.6 Å². The Morgan fingerprint density at radius 2 is 1.85 bits per heavy atom. The maximum absolute atomic E-state index is 14.1. The van der Waals surface area contributed by atoms with E-state index in [1.165, 1.54) is 12.4 Å². The Balaban J connectivity index is 1.53. The van der Waals surface area contributed by atoms with E-state index in [0.717, 1.165) is 27.1 Å². The first-order valence-electron chi connectivity index (χ1n) is 15.1. The van der Waals surface area contributed by atoms with E-state index in [9.17, 15) is 23.7 Å². The average molecular weight is 639 g/mol. The molecule has 13 heteroatoms. The first kappa shape index (κ1) is 31.5. The molecule has 0 spiro atoms. The molecule has 0 aliphatic heterocycles. The highest BCUT2D eigenvalue weighted by Gasteiger charge is 2.66. The van der Waals surface area contributed by atoms with Gasteiger partial charge < -0.3 is 10.6 Å². The van der Waals surface area contributed by atoms with Crippen LogP contribution in [0.5, 0.6) is 0 Å². The lowest BCUT2D eigenvalue weighted by atomic mass is 9.93. The molecule has 1 aliphatic carbocycles. The number of anilines is 2. The zero-order valence-electron chi connectivity index (χ0n) is 26.6. The molecule has 3 heterocycles.